The van der Waals surface area contributed by atoms with Gasteiger partial charge in [0.15, 0.2) is 0 Å². The molecule has 0 unspecified atom stereocenters. The van der Waals surface area contributed by atoms with Gasteiger partial charge in [-0.1, -0.05) is 12.1 Å². The molecule has 0 aromatic carbocycles. The zero-order valence-electron chi connectivity index (χ0n) is 5.96. The van der Waals surface area contributed by atoms with Gasteiger partial charge in [0.05, 0.1) is 5.69 Å². The van der Waals surface area contributed by atoms with Crippen molar-refractivity contribution in [2.24, 2.45) is 0 Å². The summed E-state index contributed by atoms with van der Waals surface area (Å²) in [6.07, 6.45) is 5.09. The maximum absolute atomic E-state index is 4.26. The van der Waals surface area contributed by atoms with Gasteiger partial charge < -0.3 is 0 Å². The van der Waals surface area contributed by atoms with Crippen molar-refractivity contribution < 1.29 is 0 Å². The Kier molecular flexibility index (Phi) is 1.10. The summed E-state index contributed by atoms with van der Waals surface area (Å²) in [5.41, 5.74) is 3.91. The molecule has 1 heterocycles. The standard InChI is InChI=1S/C9H9N/c1-7-4-5-9-8(7)3-2-6-10-9/h2-4,6H,5H2,1H3. The van der Waals surface area contributed by atoms with Crippen LogP contribution in [0.25, 0.3) is 5.57 Å². The number of rotatable bonds is 0. The Labute approximate surface area is 60.4 Å². The topological polar surface area (TPSA) is 12.9 Å². The Bertz CT molecular complexity index is 287. The molecule has 0 amide bonds. The van der Waals surface area contributed by atoms with Gasteiger partial charge in [0.25, 0.3) is 0 Å². The largest absolute Gasteiger partial charge is 0.260 e. The molecule has 50 valence electrons. The summed E-state index contributed by atoms with van der Waals surface area (Å²) in [7, 11) is 0. The lowest BCUT2D eigenvalue weighted by Crippen LogP contribution is -1.85. The third-order valence-electron chi connectivity index (χ3n) is 1.92. The molecular weight excluding hydrogens is 122 g/mol. The number of fused-ring (bicyclic) bond motifs is 1. The van der Waals surface area contributed by atoms with E-state index in [4.69, 9.17) is 0 Å². The first-order valence-corrected chi connectivity index (χ1v) is 3.49. The first-order valence-electron chi connectivity index (χ1n) is 3.49. The minimum absolute atomic E-state index is 1.02. The number of allylic oxidation sites excluding steroid dienone is 2. The summed E-state index contributed by atoms with van der Waals surface area (Å²) in [4.78, 5) is 4.26. The van der Waals surface area contributed by atoms with Gasteiger partial charge in [0, 0.05) is 12.6 Å². The van der Waals surface area contributed by atoms with Crippen LogP contribution in [0.5, 0.6) is 0 Å². The molecule has 0 radical (unpaired) electrons. The molecule has 1 aromatic rings. The molecular formula is C9H9N. The first kappa shape index (κ1) is 5.66. The Hall–Kier alpha value is -1.11. The molecule has 1 nitrogen and oxygen atoms in total. The van der Waals surface area contributed by atoms with E-state index < -0.39 is 0 Å². The molecule has 0 spiro atoms. The van der Waals surface area contributed by atoms with Crippen molar-refractivity contribution in [3.05, 3.63) is 35.7 Å². The normalized spacial score (nSPS) is 14.7. The average molecular weight is 131 g/mol. The summed E-state index contributed by atoms with van der Waals surface area (Å²) in [5, 5.41) is 0. The highest BCUT2D eigenvalue weighted by Crippen LogP contribution is 2.23. The number of hydrogen-bond donors (Lipinski definition) is 0. The van der Waals surface area contributed by atoms with Gasteiger partial charge in [-0.05, 0) is 24.1 Å². The number of nitrogens with zero attached hydrogens (tertiary/aromatic N) is 1. The molecule has 2 rings (SSSR count). The van der Waals surface area contributed by atoms with Crippen LogP contribution in [0.3, 0.4) is 0 Å². The zero-order valence-corrected chi connectivity index (χ0v) is 5.96. The van der Waals surface area contributed by atoms with Crippen molar-refractivity contribution >= 4 is 5.57 Å². The summed E-state index contributed by atoms with van der Waals surface area (Å²) in [6, 6.07) is 4.11. The first-order chi connectivity index (χ1) is 4.88. The minimum atomic E-state index is 1.02. The van der Waals surface area contributed by atoms with E-state index in [2.05, 4.69) is 24.1 Å². The predicted octanol–water partition coefficient (Wildman–Crippen LogP) is 2.04. The Morgan fingerprint density at radius 3 is 3.20 bits per heavy atom. The van der Waals surface area contributed by atoms with Crippen LogP contribution in [0.2, 0.25) is 0 Å². The average Bonchev–Trinajstić information content (AvgIpc) is 2.34. The number of pyridine rings is 1. The molecule has 0 atom stereocenters. The summed E-state index contributed by atoms with van der Waals surface area (Å²) >= 11 is 0. The van der Waals surface area contributed by atoms with E-state index >= 15 is 0 Å². The zero-order chi connectivity index (χ0) is 6.97. The highest BCUT2D eigenvalue weighted by molar-refractivity contribution is 5.69. The molecule has 1 aliphatic carbocycles. The summed E-state index contributed by atoms with van der Waals surface area (Å²) < 4.78 is 0. The molecule has 0 N–H and O–H groups in total. The van der Waals surface area contributed by atoms with Crippen LogP contribution in [-0.2, 0) is 6.42 Å². The van der Waals surface area contributed by atoms with Gasteiger partial charge in [-0.3, -0.25) is 4.98 Å². The minimum Gasteiger partial charge on any atom is -0.260 e. The summed E-state index contributed by atoms with van der Waals surface area (Å²) in [6.45, 7) is 2.13. The monoisotopic (exact) mass is 131 g/mol. The van der Waals surface area contributed by atoms with Crippen molar-refractivity contribution in [1.29, 1.82) is 0 Å². The molecule has 0 saturated carbocycles. The lowest BCUT2D eigenvalue weighted by molar-refractivity contribution is 1.13. The van der Waals surface area contributed by atoms with E-state index in [9.17, 15) is 0 Å². The van der Waals surface area contributed by atoms with Crippen LogP contribution in [0.1, 0.15) is 18.2 Å². The van der Waals surface area contributed by atoms with Gasteiger partial charge in [-0.2, -0.15) is 0 Å². The van der Waals surface area contributed by atoms with Crippen LogP contribution in [0.4, 0.5) is 0 Å². The lowest BCUT2D eigenvalue weighted by atomic mass is 10.1. The highest BCUT2D eigenvalue weighted by Gasteiger charge is 2.08. The smallest absolute Gasteiger partial charge is 0.0516 e. The van der Waals surface area contributed by atoms with E-state index in [0.29, 0.717) is 0 Å². The highest BCUT2D eigenvalue weighted by atomic mass is 14.7. The van der Waals surface area contributed by atoms with Crippen molar-refractivity contribution in [3.8, 4) is 0 Å². The van der Waals surface area contributed by atoms with Crippen LogP contribution >= 0.6 is 0 Å². The summed E-state index contributed by atoms with van der Waals surface area (Å²) in [5.74, 6) is 0. The molecule has 1 heteroatoms. The van der Waals surface area contributed by atoms with E-state index in [1.165, 1.54) is 16.8 Å². The molecule has 0 saturated heterocycles. The third-order valence-corrected chi connectivity index (χ3v) is 1.92. The van der Waals surface area contributed by atoms with Crippen molar-refractivity contribution in [2.75, 3.05) is 0 Å². The van der Waals surface area contributed by atoms with Gasteiger partial charge in [0.2, 0.25) is 0 Å². The molecule has 1 aliphatic rings. The SMILES string of the molecule is CC1=CCc2ncccc21. The van der Waals surface area contributed by atoms with Crippen molar-refractivity contribution in [2.45, 2.75) is 13.3 Å². The third kappa shape index (κ3) is 0.670. The Morgan fingerprint density at radius 2 is 2.40 bits per heavy atom. The molecule has 1 aromatic heterocycles. The second kappa shape index (κ2) is 1.94. The second-order valence-corrected chi connectivity index (χ2v) is 2.59. The van der Waals surface area contributed by atoms with Gasteiger partial charge >= 0.3 is 0 Å². The van der Waals surface area contributed by atoms with Gasteiger partial charge in [0.1, 0.15) is 0 Å². The van der Waals surface area contributed by atoms with Gasteiger partial charge in [-0.25, -0.2) is 0 Å². The molecule has 0 bridgehead atoms. The predicted molar refractivity (Wildman–Crippen MR) is 41.6 cm³/mol. The van der Waals surface area contributed by atoms with E-state index in [-0.39, 0.29) is 0 Å². The molecule has 0 fully saturated rings. The fourth-order valence-electron chi connectivity index (χ4n) is 1.32. The Balaban J connectivity index is 2.61. The van der Waals surface area contributed by atoms with E-state index in [1.54, 1.807) is 0 Å². The van der Waals surface area contributed by atoms with Crippen LogP contribution in [0.15, 0.2) is 24.4 Å². The van der Waals surface area contributed by atoms with E-state index in [1.807, 2.05) is 12.3 Å². The fourth-order valence-corrected chi connectivity index (χ4v) is 1.32. The lowest BCUT2D eigenvalue weighted by Gasteiger charge is -1.96. The maximum atomic E-state index is 4.26. The number of hydrogen-bond acceptors (Lipinski definition) is 1. The van der Waals surface area contributed by atoms with E-state index in [0.717, 1.165) is 6.42 Å². The van der Waals surface area contributed by atoms with Crippen LogP contribution < -0.4 is 0 Å². The molecule has 0 aliphatic heterocycles. The number of aromatic nitrogens is 1. The van der Waals surface area contributed by atoms with Crippen LogP contribution in [0, 0.1) is 0 Å². The maximum Gasteiger partial charge on any atom is 0.0516 e. The Morgan fingerprint density at radius 1 is 1.50 bits per heavy atom. The van der Waals surface area contributed by atoms with Gasteiger partial charge in [-0.15, -0.1) is 0 Å². The van der Waals surface area contributed by atoms with Crippen molar-refractivity contribution in [3.63, 3.8) is 0 Å². The van der Waals surface area contributed by atoms with Crippen molar-refractivity contribution in [1.82, 2.24) is 4.98 Å². The second-order valence-electron chi connectivity index (χ2n) is 2.59. The molecule has 10 heavy (non-hydrogen) atoms. The quantitative estimate of drug-likeness (QED) is 0.525. The van der Waals surface area contributed by atoms with Crippen LogP contribution in [-0.4, -0.2) is 4.98 Å². The fraction of sp³-hybridized carbons (Fsp3) is 0.222.